The summed E-state index contributed by atoms with van der Waals surface area (Å²) in [6.07, 6.45) is 4.43. The molecule has 4 heteroatoms. The van der Waals surface area contributed by atoms with Crippen molar-refractivity contribution in [1.29, 1.82) is 0 Å². The molecule has 1 fully saturated rings. The fraction of sp³-hybridized carbons (Fsp3) is 0.500. The highest BCUT2D eigenvalue weighted by atomic mass is 16.2. The van der Waals surface area contributed by atoms with Crippen molar-refractivity contribution in [3.8, 4) is 0 Å². The van der Waals surface area contributed by atoms with Crippen LogP contribution in [0.5, 0.6) is 0 Å². The van der Waals surface area contributed by atoms with E-state index < -0.39 is 0 Å². The molecule has 0 saturated carbocycles. The molecule has 0 spiro atoms. The van der Waals surface area contributed by atoms with Gasteiger partial charge in [-0.1, -0.05) is 0 Å². The number of piperidine rings is 1. The number of aromatic nitrogens is 2. The Morgan fingerprint density at radius 2 is 2.42 bits per heavy atom. The molecule has 1 aliphatic rings. The Morgan fingerprint density at radius 1 is 1.50 bits per heavy atom. The number of hydrogen-bond donors (Lipinski definition) is 1. The van der Waals surface area contributed by atoms with Gasteiger partial charge in [0.1, 0.15) is 5.82 Å². The van der Waals surface area contributed by atoms with Crippen LogP contribution < -0.4 is 4.90 Å². The van der Waals surface area contributed by atoms with Crippen LogP contribution in [0.2, 0.25) is 0 Å². The average molecular weight is 165 g/mol. The second-order valence-corrected chi connectivity index (χ2v) is 2.94. The van der Waals surface area contributed by atoms with Crippen LogP contribution in [-0.4, -0.2) is 22.6 Å². The lowest BCUT2D eigenvalue weighted by Gasteiger charge is -2.24. The first-order valence-electron chi connectivity index (χ1n) is 4.17. The summed E-state index contributed by atoms with van der Waals surface area (Å²) in [7, 11) is 0. The number of rotatable bonds is 1. The smallest absolute Gasteiger partial charge is 0.228 e. The summed E-state index contributed by atoms with van der Waals surface area (Å²) in [5.74, 6) is 1.02. The van der Waals surface area contributed by atoms with E-state index in [0.717, 1.165) is 25.2 Å². The van der Waals surface area contributed by atoms with Gasteiger partial charge in [-0.05, 0) is 12.8 Å². The molecule has 0 aromatic carbocycles. The van der Waals surface area contributed by atoms with Gasteiger partial charge in [0.25, 0.3) is 0 Å². The third-order valence-corrected chi connectivity index (χ3v) is 2.10. The number of carbonyl (C=O) groups is 1. The number of H-pyrrole nitrogens is 1. The van der Waals surface area contributed by atoms with Gasteiger partial charge in [0.2, 0.25) is 5.91 Å². The van der Waals surface area contributed by atoms with Gasteiger partial charge >= 0.3 is 0 Å². The Hall–Kier alpha value is -1.32. The first-order valence-corrected chi connectivity index (χ1v) is 4.17. The summed E-state index contributed by atoms with van der Waals surface area (Å²) in [5.41, 5.74) is 0. The Kier molecular flexibility index (Phi) is 1.81. The molecule has 2 heterocycles. The molecule has 1 aromatic heterocycles. The van der Waals surface area contributed by atoms with Gasteiger partial charge in [0.15, 0.2) is 0 Å². The molecule has 1 N–H and O–H groups in total. The molecule has 1 amide bonds. The maximum Gasteiger partial charge on any atom is 0.228 e. The lowest BCUT2D eigenvalue weighted by Crippen LogP contribution is -2.35. The lowest BCUT2D eigenvalue weighted by atomic mass is 10.1. The Labute approximate surface area is 70.6 Å². The highest BCUT2D eigenvalue weighted by Gasteiger charge is 2.19. The quantitative estimate of drug-likeness (QED) is 0.672. The SMILES string of the molecule is O=C1CCCCN1c1ccn[nH]1. The Balaban J connectivity index is 2.17. The van der Waals surface area contributed by atoms with E-state index in [1.807, 2.05) is 6.07 Å². The van der Waals surface area contributed by atoms with E-state index >= 15 is 0 Å². The second kappa shape index (κ2) is 2.97. The van der Waals surface area contributed by atoms with Gasteiger partial charge in [0, 0.05) is 19.0 Å². The van der Waals surface area contributed by atoms with E-state index in [1.54, 1.807) is 11.1 Å². The van der Waals surface area contributed by atoms with Crippen molar-refractivity contribution >= 4 is 11.7 Å². The van der Waals surface area contributed by atoms with Gasteiger partial charge in [-0.25, -0.2) is 0 Å². The summed E-state index contributed by atoms with van der Waals surface area (Å²) in [6.45, 7) is 0.820. The topological polar surface area (TPSA) is 49.0 Å². The highest BCUT2D eigenvalue weighted by molar-refractivity contribution is 5.92. The predicted octanol–water partition coefficient (Wildman–Crippen LogP) is 0.927. The van der Waals surface area contributed by atoms with Crippen LogP contribution in [0.1, 0.15) is 19.3 Å². The number of aromatic amines is 1. The van der Waals surface area contributed by atoms with Crippen LogP contribution >= 0.6 is 0 Å². The van der Waals surface area contributed by atoms with Crippen LogP contribution in [0.25, 0.3) is 0 Å². The van der Waals surface area contributed by atoms with E-state index in [-0.39, 0.29) is 5.91 Å². The first-order chi connectivity index (χ1) is 5.88. The molecular weight excluding hydrogens is 154 g/mol. The normalized spacial score (nSPS) is 18.3. The summed E-state index contributed by atoms with van der Waals surface area (Å²) >= 11 is 0. The molecule has 12 heavy (non-hydrogen) atoms. The number of anilines is 1. The van der Waals surface area contributed by atoms with E-state index in [1.165, 1.54) is 0 Å². The highest BCUT2D eigenvalue weighted by Crippen LogP contribution is 2.17. The Bertz CT molecular complexity index is 268. The minimum Gasteiger partial charge on any atom is -0.297 e. The second-order valence-electron chi connectivity index (χ2n) is 2.94. The largest absolute Gasteiger partial charge is 0.297 e. The lowest BCUT2D eigenvalue weighted by molar-refractivity contribution is -0.119. The molecule has 4 nitrogen and oxygen atoms in total. The minimum absolute atomic E-state index is 0.200. The molecule has 1 aliphatic heterocycles. The fourth-order valence-corrected chi connectivity index (χ4v) is 1.46. The number of amides is 1. The molecule has 0 radical (unpaired) electrons. The minimum atomic E-state index is 0.200. The van der Waals surface area contributed by atoms with Crippen molar-refractivity contribution in [2.75, 3.05) is 11.4 Å². The van der Waals surface area contributed by atoms with Crippen molar-refractivity contribution in [2.24, 2.45) is 0 Å². The number of nitrogens with one attached hydrogen (secondary N) is 1. The zero-order valence-electron chi connectivity index (χ0n) is 6.79. The van der Waals surface area contributed by atoms with Crippen molar-refractivity contribution in [2.45, 2.75) is 19.3 Å². The molecule has 1 saturated heterocycles. The maximum absolute atomic E-state index is 11.4. The van der Waals surface area contributed by atoms with Gasteiger partial charge in [-0.15, -0.1) is 0 Å². The van der Waals surface area contributed by atoms with Crippen molar-refractivity contribution in [3.63, 3.8) is 0 Å². The van der Waals surface area contributed by atoms with Crippen molar-refractivity contribution in [1.82, 2.24) is 10.2 Å². The third kappa shape index (κ3) is 1.20. The van der Waals surface area contributed by atoms with Gasteiger partial charge in [-0.2, -0.15) is 5.10 Å². The predicted molar refractivity (Wildman–Crippen MR) is 44.8 cm³/mol. The van der Waals surface area contributed by atoms with E-state index in [4.69, 9.17) is 0 Å². The van der Waals surface area contributed by atoms with Gasteiger partial charge < -0.3 is 0 Å². The molecule has 1 aromatic rings. The van der Waals surface area contributed by atoms with Crippen LogP contribution in [0.15, 0.2) is 12.3 Å². The zero-order valence-corrected chi connectivity index (χ0v) is 6.79. The van der Waals surface area contributed by atoms with E-state index in [9.17, 15) is 4.79 Å². The summed E-state index contributed by atoms with van der Waals surface area (Å²) in [5, 5.41) is 6.61. The van der Waals surface area contributed by atoms with Crippen molar-refractivity contribution < 1.29 is 4.79 Å². The number of hydrogen-bond acceptors (Lipinski definition) is 2. The first kappa shape index (κ1) is 7.34. The average Bonchev–Trinajstić information content (AvgIpc) is 2.57. The molecule has 0 bridgehead atoms. The van der Waals surface area contributed by atoms with Gasteiger partial charge in [0.05, 0.1) is 6.20 Å². The maximum atomic E-state index is 11.4. The van der Waals surface area contributed by atoms with Crippen LogP contribution in [0.3, 0.4) is 0 Å². The van der Waals surface area contributed by atoms with Crippen LogP contribution in [0.4, 0.5) is 5.82 Å². The van der Waals surface area contributed by atoms with E-state index in [2.05, 4.69) is 10.2 Å². The molecule has 0 unspecified atom stereocenters. The molecule has 0 aliphatic carbocycles. The molecular formula is C8H11N3O. The summed E-state index contributed by atoms with van der Waals surface area (Å²) < 4.78 is 0. The monoisotopic (exact) mass is 165 g/mol. The van der Waals surface area contributed by atoms with Crippen LogP contribution in [0, 0.1) is 0 Å². The van der Waals surface area contributed by atoms with Crippen molar-refractivity contribution in [3.05, 3.63) is 12.3 Å². The molecule has 2 rings (SSSR count). The molecule has 0 atom stereocenters. The van der Waals surface area contributed by atoms with Gasteiger partial charge in [-0.3, -0.25) is 14.8 Å². The Morgan fingerprint density at radius 3 is 3.08 bits per heavy atom. The number of nitrogens with zero attached hydrogens (tertiary/aromatic N) is 2. The number of carbonyl (C=O) groups excluding carboxylic acids is 1. The van der Waals surface area contributed by atoms with Crippen LogP contribution in [-0.2, 0) is 4.79 Å². The standard InChI is InChI=1S/C8H11N3O/c12-8-3-1-2-6-11(8)7-4-5-9-10-7/h4-5H,1-3,6H2,(H,9,10). The fourth-order valence-electron chi connectivity index (χ4n) is 1.46. The molecule has 64 valence electrons. The summed E-state index contributed by atoms with van der Waals surface area (Å²) in [4.78, 5) is 13.1. The summed E-state index contributed by atoms with van der Waals surface area (Å²) in [6, 6.07) is 1.82. The van der Waals surface area contributed by atoms with E-state index in [0.29, 0.717) is 6.42 Å². The third-order valence-electron chi connectivity index (χ3n) is 2.10. The zero-order chi connectivity index (χ0) is 8.39.